The number of halogens is 2. The Morgan fingerprint density at radius 3 is 2.75 bits per heavy atom. The summed E-state index contributed by atoms with van der Waals surface area (Å²) >= 11 is 3.10. The Balaban J connectivity index is 2.20. The molecule has 0 unspecified atom stereocenters. The van der Waals surface area contributed by atoms with E-state index in [0.717, 1.165) is 6.04 Å². The van der Waals surface area contributed by atoms with Crippen LogP contribution in [0.4, 0.5) is 4.39 Å². The van der Waals surface area contributed by atoms with Gasteiger partial charge in [-0.15, -0.1) is 0 Å². The Morgan fingerprint density at radius 1 is 1.40 bits per heavy atom. The van der Waals surface area contributed by atoms with Gasteiger partial charge >= 0.3 is 5.76 Å². The molecule has 2 rings (SSSR count). The van der Waals surface area contributed by atoms with Gasteiger partial charge in [0.1, 0.15) is 12.2 Å². The molecule has 110 valence electrons. The fourth-order valence-electron chi connectivity index (χ4n) is 1.75. The molecule has 0 aliphatic heterocycles. The molecule has 0 radical (unpaired) electrons. The van der Waals surface area contributed by atoms with Crippen molar-refractivity contribution >= 4 is 35.1 Å². The third-order valence-electron chi connectivity index (χ3n) is 2.94. The van der Waals surface area contributed by atoms with Crippen molar-refractivity contribution in [2.75, 3.05) is 6.61 Å². The average Bonchev–Trinajstić information content (AvgIpc) is 2.66. The summed E-state index contributed by atoms with van der Waals surface area (Å²) < 4.78 is 26.0. The van der Waals surface area contributed by atoms with Gasteiger partial charge in [0.25, 0.3) is 0 Å². The maximum atomic E-state index is 14.1. The molecule has 1 aromatic heterocycles. The summed E-state index contributed by atoms with van der Waals surface area (Å²) in [4.78, 5) is 11.7. The Morgan fingerprint density at radius 2 is 2.10 bits per heavy atom. The van der Waals surface area contributed by atoms with E-state index < -0.39 is 19.6 Å². The lowest BCUT2D eigenvalue weighted by Gasteiger charge is -2.15. The van der Waals surface area contributed by atoms with E-state index in [4.69, 9.17) is 9.15 Å². The summed E-state index contributed by atoms with van der Waals surface area (Å²) in [5, 5.41) is 0. The summed E-state index contributed by atoms with van der Waals surface area (Å²) in [6.45, 7) is 7.29. The first kappa shape index (κ1) is 15.5. The molecule has 0 N–H and O–H groups in total. The van der Waals surface area contributed by atoms with Gasteiger partial charge in [-0.1, -0.05) is 19.6 Å². The van der Waals surface area contributed by atoms with Gasteiger partial charge in [0, 0.05) is 14.7 Å². The first-order valence-electron chi connectivity index (χ1n) is 6.35. The molecule has 4 nitrogen and oxygen atoms in total. The highest BCUT2D eigenvalue weighted by molar-refractivity contribution is 9.10. The fourth-order valence-corrected chi connectivity index (χ4v) is 2.82. The van der Waals surface area contributed by atoms with E-state index in [2.05, 4.69) is 35.6 Å². The second kappa shape index (κ2) is 5.83. The average molecular weight is 362 g/mol. The molecule has 0 atom stereocenters. The largest absolute Gasteiger partial charge is 0.421 e. The highest BCUT2D eigenvalue weighted by Crippen LogP contribution is 2.24. The molecule has 20 heavy (non-hydrogen) atoms. The summed E-state index contributed by atoms with van der Waals surface area (Å²) in [7, 11) is -1.18. The molecule has 0 saturated heterocycles. The number of fused-ring (bicyclic) bond motifs is 1. The van der Waals surface area contributed by atoms with Gasteiger partial charge < -0.3 is 9.15 Å². The zero-order valence-electron chi connectivity index (χ0n) is 11.7. The number of aromatic nitrogens is 1. The summed E-state index contributed by atoms with van der Waals surface area (Å²) in [6.07, 6.45) is 0. The zero-order chi connectivity index (χ0) is 14.9. The number of oxazole rings is 1. The van der Waals surface area contributed by atoms with Gasteiger partial charge in [0.15, 0.2) is 11.4 Å². The summed E-state index contributed by atoms with van der Waals surface area (Å²) in [6, 6.07) is 4.06. The molecule has 0 aliphatic rings. The second-order valence-electron chi connectivity index (χ2n) is 5.85. The highest BCUT2D eigenvalue weighted by atomic mass is 79.9. The molecule has 1 heterocycles. The number of hydrogen-bond acceptors (Lipinski definition) is 3. The monoisotopic (exact) mass is 361 g/mol. The SMILES string of the molecule is C[Si](C)(C)CCOCn1c(=O)oc2ccc(Br)c(F)c21. The fraction of sp³-hybridized carbons (Fsp3) is 0.462. The molecule has 0 aliphatic carbocycles. The Kier molecular flexibility index (Phi) is 4.51. The molecule has 1 aromatic carbocycles. The van der Waals surface area contributed by atoms with E-state index in [-0.39, 0.29) is 17.8 Å². The third-order valence-corrected chi connectivity index (χ3v) is 5.25. The molecule has 0 amide bonds. The van der Waals surface area contributed by atoms with Gasteiger partial charge in [0.05, 0.1) is 4.47 Å². The smallest absolute Gasteiger partial charge is 0.408 e. The molecule has 0 spiro atoms. The number of ether oxygens (including phenoxy) is 1. The topological polar surface area (TPSA) is 44.4 Å². The van der Waals surface area contributed by atoms with E-state index in [9.17, 15) is 9.18 Å². The zero-order valence-corrected chi connectivity index (χ0v) is 14.3. The predicted molar refractivity (Wildman–Crippen MR) is 82.2 cm³/mol. The van der Waals surface area contributed by atoms with Gasteiger partial charge in [-0.05, 0) is 34.1 Å². The highest BCUT2D eigenvalue weighted by Gasteiger charge is 2.17. The lowest BCUT2D eigenvalue weighted by molar-refractivity contribution is 0.0847. The van der Waals surface area contributed by atoms with E-state index in [1.807, 2.05) is 0 Å². The molecule has 0 saturated carbocycles. The van der Waals surface area contributed by atoms with Crippen LogP contribution in [0.3, 0.4) is 0 Å². The second-order valence-corrected chi connectivity index (χ2v) is 12.3. The number of hydrogen-bond donors (Lipinski definition) is 0. The van der Waals surface area contributed by atoms with Crippen molar-refractivity contribution in [3.8, 4) is 0 Å². The maximum Gasteiger partial charge on any atom is 0.421 e. The molecule has 2 aromatic rings. The van der Waals surface area contributed by atoms with Crippen molar-refractivity contribution in [2.45, 2.75) is 32.4 Å². The summed E-state index contributed by atoms with van der Waals surface area (Å²) in [5.74, 6) is -1.12. The van der Waals surface area contributed by atoms with Crippen molar-refractivity contribution in [3.63, 3.8) is 0 Å². The molecular weight excluding hydrogens is 345 g/mol. The maximum absolute atomic E-state index is 14.1. The molecule has 0 fully saturated rings. The van der Waals surface area contributed by atoms with Crippen molar-refractivity contribution < 1.29 is 13.5 Å². The van der Waals surface area contributed by atoms with E-state index in [0.29, 0.717) is 11.1 Å². The van der Waals surface area contributed by atoms with Crippen LogP contribution in [0.25, 0.3) is 11.1 Å². The van der Waals surface area contributed by atoms with Crippen molar-refractivity contribution in [1.82, 2.24) is 4.57 Å². The van der Waals surface area contributed by atoms with Gasteiger partial charge in [0.2, 0.25) is 0 Å². The number of rotatable bonds is 5. The Labute approximate surface area is 125 Å². The lowest BCUT2D eigenvalue weighted by atomic mass is 10.3. The van der Waals surface area contributed by atoms with E-state index in [1.165, 1.54) is 10.6 Å². The van der Waals surface area contributed by atoms with Crippen LogP contribution < -0.4 is 5.76 Å². The van der Waals surface area contributed by atoms with E-state index >= 15 is 0 Å². The normalized spacial score (nSPS) is 12.2. The predicted octanol–water partition coefficient (Wildman–Crippen LogP) is 3.81. The minimum absolute atomic E-state index is 0.00366. The quantitative estimate of drug-likeness (QED) is 0.600. The number of nitrogens with zero attached hydrogens (tertiary/aromatic N) is 1. The minimum Gasteiger partial charge on any atom is -0.408 e. The standard InChI is InChI=1S/C13H17BrFNO3Si/c1-20(2,3)7-6-18-8-16-12-10(19-13(16)17)5-4-9(14)11(12)15/h4-5H,6-8H2,1-3H3. The van der Waals surface area contributed by atoms with Crippen LogP contribution in [-0.2, 0) is 11.5 Å². The first-order valence-corrected chi connectivity index (χ1v) is 10.8. The van der Waals surface area contributed by atoms with Gasteiger partial charge in [-0.3, -0.25) is 0 Å². The minimum atomic E-state index is -1.18. The van der Waals surface area contributed by atoms with Crippen LogP contribution in [0.2, 0.25) is 25.7 Å². The molecule has 7 heteroatoms. The molecule has 0 bridgehead atoms. The number of benzene rings is 1. The van der Waals surface area contributed by atoms with Crippen molar-refractivity contribution in [3.05, 3.63) is 33.0 Å². The van der Waals surface area contributed by atoms with Crippen LogP contribution >= 0.6 is 15.9 Å². The summed E-state index contributed by atoms with van der Waals surface area (Å²) in [5.41, 5.74) is 0.363. The van der Waals surface area contributed by atoms with Crippen LogP contribution in [0.15, 0.2) is 25.8 Å². The Hall–Kier alpha value is -0.923. The lowest BCUT2D eigenvalue weighted by Crippen LogP contribution is -2.23. The third kappa shape index (κ3) is 3.39. The van der Waals surface area contributed by atoms with Crippen molar-refractivity contribution in [1.29, 1.82) is 0 Å². The van der Waals surface area contributed by atoms with Crippen LogP contribution in [0.5, 0.6) is 0 Å². The van der Waals surface area contributed by atoms with Crippen LogP contribution in [0, 0.1) is 5.82 Å². The molecular formula is C13H17BrFNO3Si. The van der Waals surface area contributed by atoms with Crippen molar-refractivity contribution in [2.24, 2.45) is 0 Å². The van der Waals surface area contributed by atoms with Crippen LogP contribution in [0.1, 0.15) is 0 Å². The van der Waals surface area contributed by atoms with E-state index in [1.54, 1.807) is 6.07 Å². The van der Waals surface area contributed by atoms with Gasteiger partial charge in [-0.2, -0.15) is 0 Å². The van der Waals surface area contributed by atoms with Crippen LogP contribution in [-0.4, -0.2) is 19.2 Å². The van der Waals surface area contributed by atoms with Gasteiger partial charge in [-0.25, -0.2) is 13.8 Å². The first-order chi connectivity index (χ1) is 9.29. The Bertz CT molecular complexity index is 675.